The number of nitrogens with one attached hydrogen (secondary N) is 1. The third-order valence-corrected chi connectivity index (χ3v) is 4.49. The van der Waals surface area contributed by atoms with E-state index in [4.69, 9.17) is 5.84 Å². The summed E-state index contributed by atoms with van der Waals surface area (Å²) in [4.78, 5) is 2.31. The van der Waals surface area contributed by atoms with Crippen molar-refractivity contribution >= 4 is 0 Å². The highest BCUT2D eigenvalue weighted by molar-refractivity contribution is 5.24. The van der Waals surface area contributed by atoms with E-state index >= 15 is 0 Å². The van der Waals surface area contributed by atoms with Crippen molar-refractivity contribution in [1.29, 1.82) is 0 Å². The van der Waals surface area contributed by atoms with Crippen LogP contribution < -0.4 is 11.3 Å². The van der Waals surface area contributed by atoms with Gasteiger partial charge in [-0.05, 0) is 45.8 Å². The lowest BCUT2D eigenvalue weighted by Gasteiger charge is -2.45. The molecule has 0 aromatic heterocycles. The van der Waals surface area contributed by atoms with E-state index < -0.39 is 0 Å². The molecule has 0 aliphatic carbocycles. The molecule has 0 radical (unpaired) electrons. The van der Waals surface area contributed by atoms with Gasteiger partial charge in [0.1, 0.15) is 0 Å². The Morgan fingerprint density at radius 1 is 1.26 bits per heavy atom. The number of hydrogen-bond acceptors (Lipinski definition) is 3. The minimum Gasteiger partial charge on any atom is -0.302 e. The normalized spacial score (nSPS) is 13.8. The van der Waals surface area contributed by atoms with Crippen LogP contribution in [0.2, 0.25) is 0 Å². The summed E-state index contributed by atoms with van der Waals surface area (Å²) in [5, 5.41) is 0. The zero-order chi connectivity index (χ0) is 14.5. The lowest BCUT2D eigenvalue weighted by atomic mass is 9.80. The molecular weight excluding hydrogens is 234 g/mol. The van der Waals surface area contributed by atoms with E-state index in [2.05, 4.69) is 69.5 Å². The fraction of sp³-hybridized carbons (Fsp3) is 0.625. The molecule has 1 atom stereocenters. The number of benzene rings is 1. The maximum absolute atomic E-state index is 5.86. The Bertz CT molecular complexity index is 383. The number of nitrogens with two attached hydrogens (primary N) is 1. The van der Waals surface area contributed by atoms with E-state index in [1.807, 2.05) is 0 Å². The molecule has 0 aliphatic rings. The molecule has 1 aromatic rings. The van der Waals surface area contributed by atoms with E-state index in [0.717, 1.165) is 19.3 Å². The maximum Gasteiger partial charge on any atom is 0.0434 e. The van der Waals surface area contributed by atoms with Crippen molar-refractivity contribution in [3.8, 4) is 0 Å². The van der Waals surface area contributed by atoms with Crippen LogP contribution in [0.15, 0.2) is 24.3 Å². The summed E-state index contributed by atoms with van der Waals surface area (Å²) >= 11 is 0. The van der Waals surface area contributed by atoms with Gasteiger partial charge in [-0.3, -0.25) is 11.3 Å². The van der Waals surface area contributed by atoms with Crippen molar-refractivity contribution in [2.75, 3.05) is 14.1 Å². The largest absolute Gasteiger partial charge is 0.302 e. The number of nitrogens with zero attached hydrogens (tertiary/aromatic N) is 1. The Balaban J connectivity index is 2.98. The second-order valence-electron chi connectivity index (χ2n) is 5.62. The summed E-state index contributed by atoms with van der Waals surface area (Å²) in [6.07, 6.45) is 3.12. The van der Waals surface area contributed by atoms with Crippen LogP contribution in [0.4, 0.5) is 0 Å². The molecule has 1 rings (SSSR count). The number of likely N-dealkylation sites (N-methyl/N-ethyl adjacent to an activating group) is 1. The van der Waals surface area contributed by atoms with Crippen molar-refractivity contribution in [3.05, 3.63) is 35.4 Å². The minimum atomic E-state index is 0.0957. The first-order valence-corrected chi connectivity index (χ1v) is 7.19. The van der Waals surface area contributed by atoms with Gasteiger partial charge in [-0.1, -0.05) is 43.7 Å². The van der Waals surface area contributed by atoms with Crippen molar-refractivity contribution in [2.24, 2.45) is 5.84 Å². The topological polar surface area (TPSA) is 41.3 Å². The van der Waals surface area contributed by atoms with E-state index in [0.29, 0.717) is 0 Å². The van der Waals surface area contributed by atoms with Gasteiger partial charge in [0.25, 0.3) is 0 Å². The van der Waals surface area contributed by atoms with Gasteiger partial charge < -0.3 is 4.90 Å². The molecule has 0 saturated heterocycles. The first-order valence-electron chi connectivity index (χ1n) is 7.19. The van der Waals surface area contributed by atoms with Crippen LogP contribution in [-0.4, -0.2) is 30.6 Å². The lowest BCUT2D eigenvalue weighted by Crippen LogP contribution is -2.61. The molecule has 0 spiro atoms. The summed E-state index contributed by atoms with van der Waals surface area (Å²) in [6, 6.07) is 8.93. The Morgan fingerprint density at radius 3 is 2.32 bits per heavy atom. The van der Waals surface area contributed by atoms with Crippen LogP contribution in [0.5, 0.6) is 0 Å². The van der Waals surface area contributed by atoms with E-state index in [9.17, 15) is 0 Å². The highest BCUT2D eigenvalue weighted by Crippen LogP contribution is 2.27. The van der Waals surface area contributed by atoms with Gasteiger partial charge in [0.2, 0.25) is 0 Å². The SMILES string of the molecule is CCC(CC)(C(Cc1cccc(C)c1)NN)N(C)C. The molecule has 3 nitrogen and oxygen atoms in total. The standard InChI is InChI=1S/C16H29N3/c1-6-16(7-2,19(4)5)15(18-17)12-14-10-8-9-13(3)11-14/h8-11,15,18H,6-7,12,17H2,1-5H3. The quantitative estimate of drug-likeness (QED) is 0.586. The Labute approximate surface area is 118 Å². The van der Waals surface area contributed by atoms with Crippen LogP contribution in [0.3, 0.4) is 0 Å². The zero-order valence-electron chi connectivity index (χ0n) is 13.0. The molecule has 0 bridgehead atoms. The van der Waals surface area contributed by atoms with Gasteiger partial charge in [0.05, 0.1) is 0 Å². The van der Waals surface area contributed by atoms with Gasteiger partial charge in [-0.15, -0.1) is 0 Å². The lowest BCUT2D eigenvalue weighted by molar-refractivity contribution is 0.0882. The third kappa shape index (κ3) is 3.56. The van der Waals surface area contributed by atoms with Crippen molar-refractivity contribution < 1.29 is 0 Å². The van der Waals surface area contributed by atoms with Crippen LogP contribution in [0.25, 0.3) is 0 Å². The number of aryl methyl sites for hydroxylation is 1. The fourth-order valence-corrected chi connectivity index (χ4v) is 3.17. The molecule has 3 N–H and O–H groups in total. The smallest absolute Gasteiger partial charge is 0.0434 e. The first kappa shape index (κ1) is 16.2. The molecule has 3 heteroatoms. The van der Waals surface area contributed by atoms with Gasteiger partial charge >= 0.3 is 0 Å². The number of hydrogen-bond donors (Lipinski definition) is 2. The summed E-state index contributed by atoms with van der Waals surface area (Å²) in [6.45, 7) is 6.61. The molecule has 0 heterocycles. The third-order valence-electron chi connectivity index (χ3n) is 4.49. The second kappa shape index (κ2) is 7.04. The molecule has 108 valence electrons. The van der Waals surface area contributed by atoms with E-state index in [1.54, 1.807) is 0 Å². The maximum atomic E-state index is 5.86. The number of rotatable bonds is 7. The molecule has 1 unspecified atom stereocenters. The van der Waals surface area contributed by atoms with Crippen LogP contribution in [0, 0.1) is 6.92 Å². The predicted octanol–water partition coefficient (Wildman–Crippen LogP) is 2.49. The number of hydrazine groups is 1. The molecular formula is C16H29N3. The van der Waals surface area contributed by atoms with Crippen molar-refractivity contribution in [2.45, 2.75) is 51.6 Å². The second-order valence-corrected chi connectivity index (χ2v) is 5.62. The summed E-state index contributed by atoms with van der Waals surface area (Å²) < 4.78 is 0. The summed E-state index contributed by atoms with van der Waals surface area (Å²) in [7, 11) is 4.29. The van der Waals surface area contributed by atoms with Crippen molar-refractivity contribution in [1.82, 2.24) is 10.3 Å². The highest BCUT2D eigenvalue weighted by Gasteiger charge is 2.37. The molecule has 1 aromatic carbocycles. The van der Waals surface area contributed by atoms with Crippen LogP contribution in [0.1, 0.15) is 37.8 Å². The van der Waals surface area contributed by atoms with Crippen molar-refractivity contribution in [3.63, 3.8) is 0 Å². The molecule has 0 amide bonds. The average Bonchev–Trinajstić information content (AvgIpc) is 2.39. The van der Waals surface area contributed by atoms with E-state index in [1.165, 1.54) is 11.1 Å². The molecule has 0 fully saturated rings. The van der Waals surface area contributed by atoms with Gasteiger partial charge in [-0.2, -0.15) is 0 Å². The molecule has 0 aliphatic heterocycles. The predicted molar refractivity (Wildman–Crippen MR) is 83.0 cm³/mol. The average molecular weight is 263 g/mol. The highest BCUT2D eigenvalue weighted by atomic mass is 15.3. The van der Waals surface area contributed by atoms with Crippen LogP contribution in [-0.2, 0) is 6.42 Å². The fourth-order valence-electron chi connectivity index (χ4n) is 3.17. The molecule has 19 heavy (non-hydrogen) atoms. The van der Waals surface area contributed by atoms with Crippen LogP contribution >= 0.6 is 0 Å². The Hall–Kier alpha value is -0.900. The van der Waals surface area contributed by atoms with Gasteiger partial charge in [-0.25, -0.2) is 0 Å². The monoisotopic (exact) mass is 263 g/mol. The zero-order valence-corrected chi connectivity index (χ0v) is 13.0. The van der Waals surface area contributed by atoms with E-state index in [-0.39, 0.29) is 11.6 Å². The van der Waals surface area contributed by atoms with Gasteiger partial charge in [0, 0.05) is 11.6 Å². The Kier molecular flexibility index (Phi) is 5.98. The first-order chi connectivity index (χ1) is 9.00. The summed E-state index contributed by atoms with van der Waals surface area (Å²) in [5.74, 6) is 5.86. The molecule has 0 saturated carbocycles. The van der Waals surface area contributed by atoms with Gasteiger partial charge in [0.15, 0.2) is 0 Å². The minimum absolute atomic E-state index is 0.0957. The Morgan fingerprint density at radius 2 is 1.89 bits per heavy atom. The summed E-state index contributed by atoms with van der Waals surface area (Å²) in [5.41, 5.74) is 5.79.